The zero-order chi connectivity index (χ0) is 16.3. The molecule has 3 atom stereocenters. The fraction of sp³-hybridized carbons (Fsp3) is 0.538. The van der Waals surface area contributed by atoms with Crippen molar-refractivity contribution in [2.45, 2.75) is 26.2 Å². The van der Waals surface area contributed by atoms with Gasteiger partial charge in [-0.15, -0.1) is 0 Å². The zero-order valence-corrected chi connectivity index (χ0v) is 11.3. The lowest BCUT2D eigenvalue weighted by Gasteiger charge is -2.31. The van der Waals surface area contributed by atoms with Gasteiger partial charge in [-0.25, -0.2) is 9.59 Å². The van der Waals surface area contributed by atoms with E-state index in [4.69, 9.17) is 20.4 Å². The average Bonchev–Trinajstić information content (AvgIpc) is 2.33. The van der Waals surface area contributed by atoms with Crippen LogP contribution in [0.25, 0.3) is 0 Å². The van der Waals surface area contributed by atoms with Gasteiger partial charge in [0.05, 0.1) is 17.9 Å². The summed E-state index contributed by atoms with van der Waals surface area (Å²) in [5.74, 6) is -7.98. The highest BCUT2D eigenvalue weighted by Crippen LogP contribution is 2.39. The topological polar surface area (TPSA) is 149 Å². The van der Waals surface area contributed by atoms with Gasteiger partial charge in [-0.05, 0) is 24.7 Å². The van der Waals surface area contributed by atoms with Crippen LogP contribution < -0.4 is 0 Å². The molecule has 116 valence electrons. The Hall–Kier alpha value is -2.38. The maximum atomic E-state index is 11.2. The van der Waals surface area contributed by atoms with E-state index in [1.165, 1.54) is 6.92 Å². The molecule has 4 N–H and O–H groups in total. The highest BCUT2D eigenvalue weighted by molar-refractivity contribution is 5.99. The quantitative estimate of drug-likeness (QED) is 0.559. The average molecular weight is 300 g/mol. The molecule has 3 unspecified atom stereocenters. The van der Waals surface area contributed by atoms with Crippen LogP contribution in [0.2, 0.25) is 0 Å². The van der Waals surface area contributed by atoms with Crippen LogP contribution in [0, 0.1) is 17.8 Å². The SMILES string of the molecule is CC1CC(C(CC(=O)O)C(=O)O)CC(C(=O)O)=C1C(=O)O. The van der Waals surface area contributed by atoms with Crippen molar-refractivity contribution in [3.63, 3.8) is 0 Å². The minimum atomic E-state index is -1.41. The second-order valence-electron chi connectivity index (χ2n) is 5.15. The van der Waals surface area contributed by atoms with Crippen molar-refractivity contribution >= 4 is 23.9 Å². The molecule has 0 aromatic carbocycles. The molecule has 8 nitrogen and oxygen atoms in total. The van der Waals surface area contributed by atoms with Gasteiger partial charge in [-0.2, -0.15) is 0 Å². The molecule has 0 saturated carbocycles. The fourth-order valence-corrected chi connectivity index (χ4v) is 2.82. The van der Waals surface area contributed by atoms with E-state index >= 15 is 0 Å². The summed E-state index contributed by atoms with van der Waals surface area (Å²) in [6, 6.07) is 0. The van der Waals surface area contributed by atoms with Crippen molar-refractivity contribution in [3.8, 4) is 0 Å². The van der Waals surface area contributed by atoms with Crippen LogP contribution in [-0.4, -0.2) is 44.3 Å². The van der Waals surface area contributed by atoms with Crippen molar-refractivity contribution in [2.24, 2.45) is 17.8 Å². The van der Waals surface area contributed by atoms with Crippen molar-refractivity contribution in [1.29, 1.82) is 0 Å². The first kappa shape index (κ1) is 16.7. The summed E-state index contributed by atoms with van der Waals surface area (Å²) < 4.78 is 0. The Morgan fingerprint density at radius 1 is 1.10 bits per heavy atom. The summed E-state index contributed by atoms with van der Waals surface area (Å²) >= 11 is 0. The second kappa shape index (κ2) is 6.38. The van der Waals surface area contributed by atoms with Crippen LogP contribution in [-0.2, 0) is 19.2 Å². The Balaban J connectivity index is 3.16. The van der Waals surface area contributed by atoms with Crippen LogP contribution in [0.3, 0.4) is 0 Å². The van der Waals surface area contributed by atoms with Crippen LogP contribution in [0.1, 0.15) is 26.2 Å². The standard InChI is InChI=1S/C13H16O8/c1-5-2-6(7(11(16)17)4-9(14)15)3-8(12(18)19)10(5)13(20)21/h5-7H,2-4H2,1H3,(H,14,15)(H,16,17)(H,18,19)(H,20,21). The number of rotatable bonds is 6. The maximum absolute atomic E-state index is 11.2. The van der Waals surface area contributed by atoms with Crippen LogP contribution >= 0.6 is 0 Å². The van der Waals surface area contributed by atoms with Gasteiger partial charge in [-0.1, -0.05) is 6.92 Å². The fourth-order valence-electron chi connectivity index (χ4n) is 2.82. The van der Waals surface area contributed by atoms with Gasteiger partial charge in [0, 0.05) is 5.57 Å². The normalized spacial score (nSPS) is 23.5. The highest BCUT2D eigenvalue weighted by Gasteiger charge is 2.39. The lowest BCUT2D eigenvalue weighted by atomic mass is 9.71. The monoisotopic (exact) mass is 300 g/mol. The van der Waals surface area contributed by atoms with E-state index in [2.05, 4.69) is 0 Å². The molecule has 8 heteroatoms. The molecule has 0 fully saturated rings. The molecule has 0 bridgehead atoms. The zero-order valence-electron chi connectivity index (χ0n) is 11.3. The van der Waals surface area contributed by atoms with E-state index in [1.807, 2.05) is 0 Å². The molecule has 0 aromatic rings. The minimum absolute atomic E-state index is 0.128. The van der Waals surface area contributed by atoms with Gasteiger partial charge in [0.1, 0.15) is 0 Å². The van der Waals surface area contributed by atoms with E-state index in [-0.39, 0.29) is 24.0 Å². The molecule has 0 aromatic heterocycles. The van der Waals surface area contributed by atoms with Crippen molar-refractivity contribution in [3.05, 3.63) is 11.1 Å². The third-order valence-corrected chi connectivity index (χ3v) is 3.71. The van der Waals surface area contributed by atoms with E-state index in [1.54, 1.807) is 0 Å². The molecule has 0 heterocycles. The second-order valence-corrected chi connectivity index (χ2v) is 5.15. The third kappa shape index (κ3) is 3.80. The summed E-state index contributed by atoms with van der Waals surface area (Å²) in [7, 11) is 0. The number of hydrogen-bond donors (Lipinski definition) is 4. The molecule has 1 aliphatic carbocycles. The molecule has 1 aliphatic rings. The summed E-state index contributed by atoms with van der Waals surface area (Å²) in [5, 5.41) is 36.1. The Morgan fingerprint density at radius 2 is 1.67 bits per heavy atom. The Bertz CT molecular complexity index is 518. The molecule has 0 saturated heterocycles. The maximum Gasteiger partial charge on any atom is 0.332 e. The minimum Gasteiger partial charge on any atom is -0.481 e. The van der Waals surface area contributed by atoms with Crippen molar-refractivity contribution in [2.75, 3.05) is 0 Å². The predicted octanol–water partition coefficient (Wildman–Crippen LogP) is 0.674. The van der Waals surface area contributed by atoms with Gasteiger partial charge in [0.25, 0.3) is 0 Å². The number of aliphatic carboxylic acids is 4. The molecular weight excluding hydrogens is 284 g/mol. The summed E-state index contributed by atoms with van der Waals surface area (Å²) in [5.41, 5.74) is -0.582. The number of carbonyl (C=O) groups is 4. The summed E-state index contributed by atoms with van der Waals surface area (Å²) in [4.78, 5) is 44.3. The lowest BCUT2D eigenvalue weighted by molar-refractivity contribution is -0.151. The van der Waals surface area contributed by atoms with E-state index in [0.29, 0.717) is 0 Å². The Labute approximate surface area is 119 Å². The first-order valence-corrected chi connectivity index (χ1v) is 6.29. The molecule has 0 aliphatic heterocycles. The Kier molecular flexibility index (Phi) is 5.07. The first-order chi connectivity index (χ1) is 9.65. The van der Waals surface area contributed by atoms with Crippen LogP contribution in [0.15, 0.2) is 11.1 Å². The smallest absolute Gasteiger partial charge is 0.332 e. The van der Waals surface area contributed by atoms with Gasteiger partial charge >= 0.3 is 23.9 Å². The summed E-state index contributed by atoms with van der Waals surface area (Å²) in [6.07, 6.45) is -0.754. The molecule has 0 spiro atoms. The molecular formula is C13H16O8. The number of carboxylic acid groups (broad SMARTS) is 4. The van der Waals surface area contributed by atoms with E-state index < -0.39 is 48.1 Å². The van der Waals surface area contributed by atoms with Gasteiger partial charge in [-0.3, -0.25) is 9.59 Å². The number of hydrogen-bond acceptors (Lipinski definition) is 4. The Morgan fingerprint density at radius 3 is 2.05 bits per heavy atom. The largest absolute Gasteiger partial charge is 0.481 e. The van der Waals surface area contributed by atoms with E-state index in [0.717, 1.165) is 0 Å². The highest BCUT2D eigenvalue weighted by atomic mass is 16.4. The summed E-state index contributed by atoms with van der Waals surface area (Å²) in [6.45, 7) is 1.50. The molecule has 0 amide bonds. The molecule has 1 rings (SSSR count). The van der Waals surface area contributed by atoms with Crippen LogP contribution in [0.5, 0.6) is 0 Å². The van der Waals surface area contributed by atoms with Crippen molar-refractivity contribution in [1.82, 2.24) is 0 Å². The van der Waals surface area contributed by atoms with Crippen LogP contribution in [0.4, 0.5) is 0 Å². The predicted molar refractivity (Wildman–Crippen MR) is 67.6 cm³/mol. The van der Waals surface area contributed by atoms with Gasteiger partial charge in [0.15, 0.2) is 0 Å². The third-order valence-electron chi connectivity index (χ3n) is 3.71. The number of carboxylic acids is 4. The van der Waals surface area contributed by atoms with Gasteiger partial charge < -0.3 is 20.4 Å². The van der Waals surface area contributed by atoms with Crippen molar-refractivity contribution < 1.29 is 39.6 Å². The first-order valence-electron chi connectivity index (χ1n) is 6.29. The molecule has 0 radical (unpaired) electrons. The van der Waals surface area contributed by atoms with E-state index in [9.17, 15) is 19.2 Å². The lowest BCUT2D eigenvalue weighted by Crippen LogP contribution is -2.33. The van der Waals surface area contributed by atoms with Gasteiger partial charge in [0.2, 0.25) is 0 Å². The molecule has 21 heavy (non-hydrogen) atoms.